The van der Waals surface area contributed by atoms with Gasteiger partial charge in [0.2, 0.25) is 5.91 Å². The molecule has 0 N–H and O–H groups in total. The Kier molecular flexibility index (Phi) is 5.37. The predicted octanol–water partition coefficient (Wildman–Crippen LogP) is 2.59. The second-order valence-corrected chi connectivity index (χ2v) is 5.49. The molecule has 4 heteroatoms. The first-order valence-electron chi connectivity index (χ1n) is 7.59. The Morgan fingerprint density at radius 1 is 1.24 bits per heavy atom. The van der Waals surface area contributed by atoms with E-state index < -0.39 is 0 Å². The van der Waals surface area contributed by atoms with Crippen LogP contribution in [0.25, 0.3) is 0 Å². The lowest BCUT2D eigenvalue weighted by atomic mass is 9.92. The number of rotatable bonds is 4. The van der Waals surface area contributed by atoms with Gasteiger partial charge in [0.15, 0.2) is 0 Å². The van der Waals surface area contributed by atoms with Crippen LogP contribution in [0.1, 0.15) is 37.7 Å². The van der Waals surface area contributed by atoms with Crippen LogP contribution in [0.2, 0.25) is 0 Å². The Labute approximate surface area is 126 Å². The van der Waals surface area contributed by atoms with E-state index in [-0.39, 0.29) is 23.7 Å². The van der Waals surface area contributed by atoms with Crippen LogP contribution in [0.4, 0.5) is 0 Å². The van der Waals surface area contributed by atoms with Gasteiger partial charge in [-0.25, -0.2) is 0 Å². The minimum absolute atomic E-state index is 0.0594. The fourth-order valence-electron chi connectivity index (χ4n) is 2.96. The number of ether oxygens (including phenoxy) is 1. The van der Waals surface area contributed by atoms with E-state index in [1.165, 1.54) is 7.11 Å². The van der Waals surface area contributed by atoms with E-state index in [2.05, 4.69) is 0 Å². The zero-order valence-electron chi connectivity index (χ0n) is 12.7. The van der Waals surface area contributed by atoms with E-state index in [0.717, 1.165) is 12.0 Å². The summed E-state index contributed by atoms with van der Waals surface area (Å²) in [5, 5.41) is 0. The predicted molar refractivity (Wildman–Crippen MR) is 80.8 cm³/mol. The Morgan fingerprint density at radius 2 is 1.86 bits per heavy atom. The zero-order valence-corrected chi connectivity index (χ0v) is 12.7. The molecule has 4 nitrogen and oxygen atoms in total. The number of carbonyl (C=O) groups excluding carboxylic acids is 2. The maximum atomic E-state index is 12.7. The largest absolute Gasteiger partial charge is 0.469 e. The third-order valence-corrected chi connectivity index (χ3v) is 4.25. The van der Waals surface area contributed by atoms with Crippen LogP contribution in [0.15, 0.2) is 30.3 Å². The van der Waals surface area contributed by atoms with Gasteiger partial charge in [-0.15, -0.1) is 0 Å². The SMILES string of the molecule is CC[C@@H](C(=O)N1CCC(C(=O)OC)CC1)c1ccccc1. The summed E-state index contributed by atoms with van der Waals surface area (Å²) < 4.78 is 4.78. The van der Waals surface area contributed by atoms with Crippen molar-refractivity contribution in [3.63, 3.8) is 0 Å². The molecule has 1 aliphatic heterocycles. The first-order chi connectivity index (χ1) is 10.2. The highest BCUT2D eigenvalue weighted by Crippen LogP contribution is 2.25. The summed E-state index contributed by atoms with van der Waals surface area (Å²) in [4.78, 5) is 26.1. The molecule has 0 radical (unpaired) electrons. The number of nitrogens with zero attached hydrogens (tertiary/aromatic N) is 1. The van der Waals surface area contributed by atoms with Gasteiger partial charge >= 0.3 is 5.97 Å². The fourth-order valence-corrected chi connectivity index (χ4v) is 2.96. The molecule has 114 valence electrons. The van der Waals surface area contributed by atoms with Gasteiger partial charge in [0.25, 0.3) is 0 Å². The lowest BCUT2D eigenvalue weighted by Crippen LogP contribution is -2.42. The number of amides is 1. The maximum Gasteiger partial charge on any atom is 0.308 e. The Morgan fingerprint density at radius 3 is 2.38 bits per heavy atom. The molecule has 0 bridgehead atoms. The summed E-state index contributed by atoms with van der Waals surface area (Å²) in [6, 6.07) is 9.91. The topological polar surface area (TPSA) is 46.6 Å². The molecular formula is C17H23NO3. The molecule has 0 saturated carbocycles. The van der Waals surface area contributed by atoms with Gasteiger partial charge in [0, 0.05) is 13.1 Å². The molecule has 1 heterocycles. The highest BCUT2D eigenvalue weighted by molar-refractivity contribution is 5.84. The molecule has 2 rings (SSSR count). The fraction of sp³-hybridized carbons (Fsp3) is 0.529. The van der Waals surface area contributed by atoms with Crippen LogP contribution in [-0.2, 0) is 14.3 Å². The third-order valence-electron chi connectivity index (χ3n) is 4.25. The lowest BCUT2D eigenvalue weighted by molar-refractivity contribution is -0.149. The van der Waals surface area contributed by atoms with Gasteiger partial charge in [0.1, 0.15) is 0 Å². The molecule has 0 aromatic heterocycles. The molecule has 1 saturated heterocycles. The molecule has 0 aliphatic carbocycles. The molecule has 1 amide bonds. The quantitative estimate of drug-likeness (QED) is 0.800. The number of hydrogen-bond donors (Lipinski definition) is 0. The second-order valence-electron chi connectivity index (χ2n) is 5.49. The van der Waals surface area contributed by atoms with E-state index in [1.807, 2.05) is 42.2 Å². The highest BCUT2D eigenvalue weighted by atomic mass is 16.5. The van der Waals surface area contributed by atoms with Crippen LogP contribution in [-0.4, -0.2) is 37.0 Å². The number of hydrogen-bond acceptors (Lipinski definition) is 3. The Bertz CT molecular complexity index is 478. The van der Waals surface area contributed by atoms with Gasteiger partial charge in [-0.3, -0.25) is 9.59 Å². The van der Waals surface area contributed by atoms with E-state index >= 15 is 0 Å². The average Bonchev–Trinajstić information content (AvgIpc) is 2.56. The van der Waals surface area contributed by atoms with Crippen LogP contribution in [0.5, 0.6) is 0 Å². The van der Waals surface area contributed by atoms with Crippen LogP contribution >= 0.6 is 0 Å². The summed E-state index contributed by atoms with van der Waals surface area (Å²) in [6.45, 7) is 3.32. The normalized spacial score (nSPS) is 17.3. The molecule has 1 atom stereocenters. The summed E-state index contributed by atoms with van der Waals surface area (Å²) in [7, 11) is 1.42. The van der Waals surface area contributed by atoms with Crippen molar-refractivity contribution in [1.29, 1.82) is 0 Å². The number of benzene rings is 1. The van der Waals surface area contributed by atoms with Crippen molar-refractivity contribution in [1.82, 2.24) is 4.90 Å². The summed E-state index contributed by atoms with van der Waals surface area (Å²) in [5.74, 6) is -0.124. The summed E-state index contributed by atoms with van der Waals surface area (Å²) in [5.41, 5.74) is 1.07. The second kappa shape index (κ2) is 7.25. The summed E-state index contributed by atoms with van der Waals surface area (Å²) in [6.07, 6.45) is 2.19. The van der Waals surface area contributed by atoms with E-state index in [1.54, 1.807) is 0 Å². The van der Waals surface area contributed by atoms with Gasteiger partial charge in [-0.05, 0) is 24.8 Å². The van der Waals surface area contributed by atoms with Crippen molar-refractivity contribution in [2.75, 3.05) is 20.2 Å². The molecule has 0 spiro atoms. The maximum absolute atomic E-state index is 12.7. The first kappa shape index (κ1) is 15.5. The molecule has 21 heavy (non-hydrogen) atoms. The van der Waals surface area contributed by atoms with Crippen LogP contribution < -0.4 is 0 Å². The lowest BCUT2D eigenvalue weighted by Gasteiger charge is -2.33. The standard InChI is InChI=1S/C17H23NO3/c1-3-15(13-7-5-4-6-8-13)16(19)18-11-9-14(10-12-18)17(20)21-2/h4-8,14-15H,3,9-12H2,1-2H3/t15-/m1/s1. The van der Waals surface area contributed by atoms with E-state index in [4.69, 9.17) is 4.74 Å². The van der Waals surface area contributed by atoms with Crippen LogP contribution in [0.3, 0.4) is 0 Å². The zero-order chi connectivity index (χ0) is 15.2. The Balaban J connectivity index is 1.99. The van der Waals surface area contributed by atoms with Crippen LogP contribution in [0, 0.1) is 5.92 Å². The highest BCUT2D eigenvalue weighted by Gasteiger charge is 2.31. The number of carbonyl (C=O) groups is 2. The molecule has 0 unspecified atom stereocenters. The molecule has 1 aliphatic rings. The van der Waals surface area contributed by atoms with E-state index in [0.29, 0.717) is 25.9 Å². The van der Waals surface area contributed by atoms with Crippen molar-refractivity contribution in [2.24, 2.45) is 5.92 Å². The van der Waals surface area contributed by atoms with Gasteiger partial charge < -0.3 is 9.64 Å². The molecule has 1 aromatic rings. The summed E-state index contributed by atoms with van der Waals surface area (Å²) >= 11 is 0. The molecule has 1 aromatic carbocycles. The number of esters is 1. The van der Waals surface area contributed by atoms with Crippen molar-refractivity contribution < 1.29 is 14.3 Å². The van der Waals surface area contributed by atoms with Crippen molar-refractivity contribution in [2.45, 2.75) is 32.1 Å². The minimum atomic E-state index is -0.155. The average molecular weight is 289 g/mol. The van der Waals surface area contributed by atoms with Gasteiger partial charge in [-0.2, -0.15) is 0 Å². The number of likely N-dealkylation sites (tertiary alicyclic amines) is 1. The van der Waals surface area contributed by atoms with Gasteiger partial charge in [-0.1, -0.05) is 37.3 Å². The third kappa shape index (κ3) is 3.63. The minimum Gasteiger partial charge on any atom is -0.469 e. The van der Waals surface area contributed by atoms with Gasteiger partial charge in [0.05, 0.1) is 18.9 Å². The van der Waals surface area contributed by atoms with E-state index in [9.17, 15) is 9.59 Å². The smallest absolute Gasteiger partial charge is 0.308 e. The van der Waals surface area contributed by atoms with Crippen molar-refractivity contribution in [3.8, 4) is 0 Å². The van der Waals surface area contributed by atoms with Crippen molar-refractivity contribution in [3.05, 3.63) is 35.9 Å². The molecular weight excluding hydrogens is 266 g/mol. The van der Waals surface area contributed by atoms with Crippen molar-refractivity contribution >= 4 is 11.9 Å². The number of piperidine rings is 1. The monoisotopic (exact) mass is 289 g/mol. The first-order valence-corrected chi connectivity index (χ1v) is 7.59. The molecule has 1 fully saturated rings. The number of methoxy groups -OCH3 is 1. The Hall–Kier alpha value is -1.84.